The molecule has 4 heteroatoms. The molecule has 0 spiro atoms. The fraction of sp³-hybridized carbons (Fsp3) is 0.500. The quantitative estimate of drug-likeness (QED) is 0.877. The third-order valence-corrected chi connectivity index (χ3v) is 4.01. The Hall–Kier alpha value is -1.68. The van der Waals surface area contributed by atoms with E-state index in [1.54, 1.807) is 0 Å². The second-order valence-electron chi connectivity index (χ2n) is 5.66. The molecule has 0 aliphatic heterocycles. The minimum Gasteiger partial charge on any atom is -0.339 e. The van der Waals surface area contributed by atoms with Crippen molar-refractivity contribution in [2.75, 3.05) is 7.05 Å². The SMILES string of the molecule is CNC(c1ccccc1)C(C)c1nc(CC2CC2)no1. The molecule has 0 amide bonds. The van der Waals surface area contributed by atoms with Crippen LogP contribution in [0.2, 0.25) is 0 Å². The maximum atomic E-state index is 5.46. The summed E-state index contributed by atoms with van der Waals surface area (Å²) in [6.45, 7) is 2.13. The molecule has 1 fully saturated rings. The second-order valence-corrected chi connectivity index (χ2v) is 5.66. The van der Waals surface area contributed by atoms with Crippen molar-refractivity contribution in [3.8, 4) is 0 Å². The summed E-state index contributed by atoms with van der Waals surface area (Å²) in [6, 6.07) is 10.6. The van der Waals surface area contributed by atoms with Crippen molar-refractivity contribution < 1.29 is 4.52 Å². The molecule has 4 nitrogen and oxygen atoms in total. The van der Waals surface area contributed by atoms with Crippen LogP contribution in [0.5, 0.6) is 0 Å². The Balaban J connectivity index is 1.75. The van der Waals surface area contributed by atoms with E-state index in [-0.39, 0.29) is 12.0 Å². The van der Waals surface area contributed by atoms with E-state index in [0.29, 0.717) is 0 Å². The largest absolute Gasteiger partial charge is 0.339 e. The summed E-state index contributed by atoms with van der Waals surface area (Å²) in [5.74, 6) is 2.52. The minimum absolute atomic E-state index is 0.155. The lowest BCUT2D eigenvalue weighted by molar-refractivity contribution is 0.328. The standard InChI is InChI=1S/C16H21N3O/c1-11(15(17-2)13-6-4-3-5-7-13)16-18-14(19-20-16)10-12-8-9-12/h3-7,11-12,15,17H,8-10H2,1-2H3. The average molecular weight is 271 g/mol. The van der Waals surface area contributed by atoms with Crippen LogP contribution in [0.4, 0.5) is 0 Å². The van der Waals surface area contributed by atoms with Gasteiger partial charge < -0.3 is 9.84 Å². The molecule has 2 atom stereocenters. The van der Waals surface area contributed by atoms with Crippen LogP contribution in [0.1, 0.15) is 49.0 Å². The summed E-state index contributed by atoms with van der Waals surface area (Å²) < 4.78 is 5.46. The van der Waals surface area contributed by atoms with Crippen LogP contribution >= 0.6 is 0 Å². The Morgan fingerprint density at radius 2 is 2.05 bits per heavy atom. The van der Waals surface area contributed by atoms with Gasteiger partial charge in [-0.1, -0.05) is 42.4 Å². The van der Waals surface area contributed by atoms with Crippen molar-refractivity contribution in [3.05, 3.63) is 47.6 Å². The topological polar surface area (TPSA) is 51.0 Å². The van der Waals surface area contributed by atoms with E-state index < -0.39 is 0 Å². The molecule has 2 unspecified atom stereocenters. The number of nitrogens with zero attached hydrogens (tertiary/aromatic N) is 2. The van der Waals surface area contributed by atoms with Gasteiger partial charge in [0.1, 0.15) is 0 Å². The maximum Gasteiger partial charge on any atom is 0.231 e. The van der Waals surface area contributed by atoms with Crippen molar-refractivity contribution in [1.29, 1.82) is 0 Å². The highest BCUT2D eigenvalue weighted by atomic mass is 16.5. The molecule has 0 radical (unpaired) electrons. The van der Waals surface area contributed by atoms with Crippen LogP contribution in [0.3, 0.4) is 0 Å². The summed E-state index contributed by atoms with van der Waals surface area (Å²) in [6.07, 6.45) is 3.58. The fourth-order valence-corrected chi connectivity index (χ4v) is 2.62. The van der Waals surface area contributed by atoms with Gasteiger partial charge in [0.25, 0.3) is 0 Å². The third kappa shape index (κ3) is 2.90. The number of nitrogens with one attached hydrogen (secondary N) is 1. The predicted molar refractivity (Wildman–Crippen MR) is 77.4 cm³/mol. The van der Waals surface area contributed by atoms with E-state index >= 15 is 0 Å². The van der Waals surface area contributed by atoms with E-state index in [1.165, 1.54) is 18.4 Å². The number of rotatable bonds is 6. The van der Waals surface area contributed by atoms with Crippen molar-refractivity contribution in [2.24, 2.45) is 5.92 Å². The first-order chi connectivity index (χ1) is 9.78. The van der Waals surface area contributed by atoms with E-state index in [2.05, 4.69) is 46.6 Å². The molecule has 0 saturated heterocycles. The Morgan fingerprint density at radius 1 is 1.30 bits per heavy atom. The Bertz CT molecular complexity index is 548. The summed E-state index contributed by atoms with van der Waals surface area (Å²) in [5.41, 5.74) is 1.24. The van der Waals surface area contributed by atoms with Crippen LogP contribution < -0.4 is 5.32 Å². The average Bonchev–Trinajstić information content (AvgIpc) is 3.16. The Morgan fingerprint density at radius 3 is 2.70 bits per heavy atom. The van der Waals surface area contributed by atoms with E-state index in [9.17, 15) is 0 Å². The summed E-state index contributed by atoms with van der Waals surface area (Å²) in [7, 11) is 1.97. The van der Waals surface area contributed by atoms with Gasteiger partial charge in [-0.25, -0.2) is 0 Å². The Labute approximate surface area is 119 Å². The minimum atomic E-state index is 0.155. The first kappa shape index (κ1) is 13.3. The lowest BCUT2D eigenvalue weighted by Gasteiger charge is -2.21. The summed E-state index contributed by atoms with van der Waals surface area (Å²) in [4.78, 5) is 4.57. The van der Waals surface area contributed by atoms with Crippen molar-refractivity contribution in [2.45, 2.75) is 38.1 Å². The zero-order chi connectivity index (χ0) is 13.9. The highest BCUT2D eigenvalue weighted by Crippen LogP contribution is 2.33. The molecule has 1 aromatic carbocycles. The highest BCUT2D eigenvalue weighted by Gasteiger charge is 2.27. The molecular weight excluding hydrogens is 250 g/mol. The molecule has 2 aromatic rings. The number of hydrogen-bond donors (Lipinski definition) is 1. The molecule has 1 aliphatic carbocycles. The third-order valence-electron chi connectivity index (χ3n) is 4.01. The highest BCUT2D eigenvalue weighted by molar-refractivity contribution is 5.21. The van der Waals surface area contributed by atoms with Crippen molar-refractivity contribution in [3.63, 3.8) is 0 Å². The van der Waals surface area contributed by atoms with Crippen LogP contribution in [0.25, 0.3) is 0 Å². The molecular formula is C16H21N3O. The monoisotopic (exact) mass is 271 g/mol. The van der Waals surface area contributed by atoms with Gasteiger partial charge in [-0.15, -0.1) is 0 Å². The van der Waals surface area contributed by atoms with E-state index in [4.69, 9.17) is 4.52 Å². The van der Waals surface area contributed by atoms with Crippen molar-refractivity contribution >= 4 is 0 Å². The van der Waals surface area contributed by atoms with E-state index in [1.807, 2.05) is 13.1 Å². The maximum absolute atomic E-state index is 5.46. The van der Waals surface area contributed by atoms with Crippen LogP contribution in [0, 0.1) is 5.92 Å². The molecule has 0 bridgehead atoms. The van der Waals surface area contributed by atoms with Crippen LogP contribution in [0.15, 0.2) is 34.9 Å². The Kier molecular flexibility index (Phi) is 3.83. The normalized spacial score (nSPS) is 17.9. The molecule has 1 saturated carbocycles. The first-order valence-corrected chi connectivity index (χ1v) is 7.32. The van der Waals surface area contributed by atoms with Crippen molar-refractivity contribution in [1.82, 2.24) is 15.5 Å². The smallest absolute Gasteiger partial charge is 0.231 e. The lowest BCUT2D eigenvalue weighted by Crippen LogP contribution is -2.22. The van der Waals surface area contributed by atoms with Gasteiger partial charge in [0.05, 0.1) is 5.92 Å². The molecule has 1 aliphatic rings. The molecule has 20 heavy (non-hydrogen) atoms. The van der Waals surface area contributed by atoms with Crippen LogP contribution in [-0.2, 0) is 6.42 Å². The first-order valence-electron chi connectivity index (χ1n) is 7.32. The number of aromatic nitrogens is 2. The lowest BCUT2D eigenvalue weighted by atomic mass is 9.94. The molecule has 106 valence electrons. The predicted octanol–water partition coefficient (Wildman–Crippen LogP) is 3.09. The second kappa shape index (κ2) is 5.75. The van der Waals surface area contributed by atoms with Gasteiger partial charge in [0, 0.05) is 12.5 Å². The number of likely N-dealkylation sites (N-methyl/N-ethyl adjacent to an activating group) is 1. The van der Waals surface area contributed by atoms with Gasteiger partial charge in [-0.05, 0) is 31.4 Å². The van der Waals surface area contributed by atoms with Gasteiger partial charge in [-0.3, -0.25) is 0 Å². The van der Waals surface area contributed by atoms with Crippen LogP contribution in [-0.4, -0.2) is 17.2 Å². The molecule has 3 rings (SSSR count). The number of benzene rings is 1. The zero-order valence-electron chi connectivity index (χ0n) is 12.0. The molecule has 1 heterocycles. The summed E-state index contributed by atoms with van der Waals surface area (Å²) >= 11 is 0. The fourth-order valence-electron chi connectivity index (χ4n) is 2.62. The zero-order valence-corrected chi connectivity index (χ0v) is 12.0. The molecule has 1 aromatic heterocycles. The molecule has 1 N–H and O–H groups in total. The van der Waals surface area contributed by atoms with Gasteiger partial charge in [-0.2, -0.15) is 4.98 Å². The number of hydrogen-bond acceptors (Lipinski definition) is 4. The van der Waals surface area contributed by atoms with E-state index in [0.717, 1.165) is 24.1 Å². The summed E-state index contributed by atoms with van der Waals surface area (Å²) in [5, 5.41) is 7.47. The van der Waals surface area contributed by atoms with Gasteiger partial charge in [0.2, 0.25) is 5.89 Å². The van der Waals surface area contributed by atoms with Gasteiger partial charge >= 0.3 is 0 Å². The van der Waals surface area contributed by atoms with Gasteiger partial charge in [0.15, 0.2) is 5.82 Å².